The van der Waals surface area contributed by atoms with E-state index < -0.39 is 0 Å². The molecule has 0 radical (unpaired) electrons. The molecule has 8 heteroatoms. The molecule has 120 valence electrons. The molecule has 0 bridgehead atoms. The Morgan fingerprint density at radius 1 is 1.35 bits per heavy atom. The standard InChI is InChI=1S/C15H19N7S/c1-3-11-10(2)23-12(21-11)5-7-17-14-13(16)15(19-9-18-14)22-8-4-6-20-22/h4,6,8-9H,3,5,7,16H2,1-2H3,(H,17,18,19). The molecule has 3 rings (SSSR count). The zero-order valence-corrected chi connectivity index (χ0v) is 14.0. The lowest BCUT2D eigenvalue weighted by Gasteiger charge is -2.10. The van der Waals surface area contributed by atoms with Crippen molar-refractivity contribution in [3.05, 3.63) is 40.4 Å². The van der Waals surface area contributed by atoms with E-state index in [0.717, 1.165) is 24.4 Å². The Morgan fingerprint density at radius 2 is 2.22 bits per heavy atom. The molecule has 23 heavy (non-hydrogen) atoms. The van der Waals surface area contributed by atoms with Gasteiger partial charge in [-0.25, -0.2) is 19.6 Å². The summed E-state index contributed by atoms with van der Waals surface area (Å²) in [4.78, 5) is 14.3. The van der Waals surface area contributed by atoms with Crippen LogP contribution in [0, 0.1) is 6.92 Å². The number of rotatable bonds is 6. The van der Waals surface area contributed by atoms with Gasteiger partial charge in [0.05, 0.1) is 10.7 Å². The van der Waals surface area contributed by atoms with Gasteiger partial charge in [-0.1, -0.05) is 6.92 Å². The van der Waals surface area contributed by atoms with Crippen molar-refractivity contribution in [2.24, 2.45) is 0 Å². The van der Waals surface area contributed by atoms with Crippen molar-refractivity contribution < 1.29 is 0 Å². The summed E-state index contributed by atoms with van der Waals surface area (Å²) < 4.78 is 1.62. The van der Waals surface area contributed by atoms with Crippen molar-refractivity contribution in [2.75, 3.05) is 17.6 Å². The number of anilines is 2. The highest BCUT2D eigenvalue weighted by molar-refractivity contribution is 7.11. The number of hydrogen-bond acceptors (Lipinski definition) is 7. The normalized spacial score (nSPS) is 10.9. The largest absolute Gasteiger partial charge is 0.393 e. The molecule has 0 saturated carbocycles. The van der Waals surface area contributed by atoms with Crippen LogP contribution in [0.4, 0.5) is 11.5 Å². The number of thiazole rings is 1. The Morgan fingerprint density at radius 3 is 2.91 bits per heavy atom. The van der Waals surface area contributed by atoms with Gasteiger partial charge < -0.3 is 11.1 Å². The summed E-state index contributed by atoms with van der Waals surface area (Å²) in [6, 6.07) is 1.82. The first-order chi connectivity index (χ1) is 11.2. The molecule has 0 fully saturated rings. The van der Waals surface area contributed by atoms with Crippen molar-refractivity contribution in [2.45, 2.75) is 26.7 Å². The van der Waals surface area contributed by atoms with Gasteiger partial charge in [-0.3, -0.25) is 0 Å². The van der Waals surface area contributed by atoms with Gasteiger partial charge in [-0.05, 0) is 19.4 Å². The van der Waals surface area contributed by atoms with Gasteiger partial charge in [-0.2, -0.15) is 5.10 Å². The summed E-state index contributed by atoms with van der Waals surface area (Å²) in [7, 11) is 0. The lowest BCUT2D eigenvalue weighted by atomic mass is 10.3. The second kappa shape index (κ2) is 6.74. The van der Waals surface area contributed by atoms with Crippen LogP contribution in [0.25, 0.3) is 5.82 Å². The van der Waals surface area contributed by atoms with Crippen molar-refractivity contribution in [3.8, 4) is 5.82 Å². The second-order valence-electron chi connectivity index (χ2n) is 5.05. The lowest BCUT2D eigenvalue weighted by molar-refractivity contribution is 0.842. The molecular formula is C15H19N7S. The first-order valence-corrected chi connectivity index (χ1v) is 8.30. The van der Waals surface area contributed by atoms with Crippen LogP contribution in [0.1, 0.15) is 22.5 Å². The van der Waals surface area contributed by atoms with Crippen molar-refractivity contribution in [3.63, 3.8) is 0 Å². The van der Waals surface area contributed by atoms with E-state index in [1.54, 1.807) is 28.4 Å². The van der Waals surface area contributed by atoms with E-state index in [1.807, 2.05) is 6.07 Å². The van der Waals surface area contributed by atoms with Gasteiger partial charge >= 0.3 is 0 Å². The van der Waals surface area contributed by atoms with Crippen LogP contribution in [-0.2, 0) is 12.8 Å². The molecule has 0 atom stereocenters. The van der Waals surface area contributed by atoms with E-state index in [-0.39, 0.29) is 0 Å². The third-order valence-electron chi connectivity index (χ3n) is 3.49. The van der Waals surface area contributed by atoms with E-state index in [1.165, 1.54) is 16.9 Å². The molecule has 0 aliphatic carbocycles. The number of aryl methyl sites for hydroxylation is 2. The molecular weight excluding hydrogens is 310 g/mol. The van der Waals surface area contributed by atoms with Crippen LogP contribution in [0.5, 0.6) is 0 Å². The number of aromatic nitrogens is 5. The first kappa shape index (κ1) is 15.4. The molecule has 0 saturated heterocycles. The smallest absolute Gasteiger partial charge is 0.181 e. The van der Waals surface area contributed by atoms with Crippen LogP contribution in [0.15, 0.2) is 24.8 Å². The fraction of sp³-hybridized carbons (Fsp3) is 0.333. The molecule has 0 spiro atoms. The zero-order chi connectivity index (χ0) is 16.2. The van der Waals surface area contributed by atoms with E-state index in [9.17, 15) is 0 Å². The predicted molar refractivity (Wildman–Crippen MR) is 92.0 cm³/mol. The molecule has 0 aliphatic heterocycles. The zero-order valence-electron chi connectivity index (χ0n) is 13.2. The maximum absolute atomic E-state index is 6.14. The third kappa shape index (κ3) is 3.31. The Labute approximate surface area is 138 Å². The summed E-state index contributed by atoms with van der Waals surface area (Å²) >= 11 is 1.75. The molecule has 3 aromatic rings. The van der Waals surface area contributed by atoms with Crippen molar-refractivity contribution in [1.29, 1.82) is 0 Å². The molecule has 0 unspecified atom stereocenters. The van der Waals surface area contributed by atoms with Crippen LogP contribution >= 0.6 is 11.3 Å². The third-order valence-corrected chi connectivity index (χ3v) is 4.56. The predicted octanol–water partition coefficient (Wildman–Crippen LogP) is 2.23. The molecule has 3 heterocycles. The highest BCUT2D eigenvalue weighted by Gasteiger charge is 2.10. The molecule has 0 aliphatic rings. The second-order valence-corrected chi connectivity index (χ2v) is 6.34. The van der Waals surface area contributed by atoms with Crippen LogP contribution in [-0.4, -0.2) is 31.3 Å². The highest BCUT2D eigenvalue weighted by atomic mass is 32.1. The molecule has 3 N–H and O–H groups in total. The number of nitrogens with zero attached hydrogens (tertiary/aromatic N) is 5. The number of nitrogens with two attached hydrogens (primary N) is 1. The average molecular weight is 329 g/mol. The summed E-state index contributed by atoms with van der Waals surface area (Å²) in [6.07, 6.45) is 6.78. The fourth-order valence-electron chi connectivity index (χ4n) is 2.31. The Hall–Kier alpha value is -2.48. The fourth-order valence-corrected chi connectivity index (χ4v) is 3.34. The number of hydrogen-bond donors (Lipinski definition) is 2. The Kier molecular flexibility index (Phi) is 4.52. The Balaban J connectivity index is 1.67. The SMILES string of the molecule is CCc1nc(CCNc2ncnc(-n3cccn3)c2N)sc1C. The van der Waals surface area contributed by atoms with Crippen LogP contribution in [0.3, 0.4) is 0 Å². The lowest BCUT2D eigenvalue weighted by Crippen LogP contribution is -2.12. The monoisotopic (exact) mass is 329 g/mol. The maximum atomic E-state index is 6.14. The molecule has 0 amide bonds. The van der Waals surface area contributed by atoms with Gasteiger partial charge in [0, 0.05) is 30.2 Å². The maximum Gasteiger partial charge on any atom is 0.181 e. The van der Waals surface area contributed by atoms with Gasteiger partial charge in [0.15, 0.2) is 11.6 Å². The van der Waals surface area contributed by atoms with Gasteiger partial charge in [0.25, 0.3) is 0 Å². The average Bonchev–Trinajstić information content (AvgIpc) is 3.18. The van der Waals surface area contributed by atoms with Gasteiger partial charge in [0.2, 0.25) is 0 Å². The summed E-state index contributed by atoms with van der Waals surface area (Å²) in [6.45, 7) is 4.96. The topological polar surface area (TPSA) is 94.5 Å². The van der Waals surface area contributed by atoms with Crippen LogP contribution < -0.4 is 11.1 Å². The van der Waals surface area contributed by atoms with Gasteiger partial charge in [0.1, 0.15) is 12.0 Å². The van der Waals surface area contributed by atoms with Crippen molar-refractivity contribution >= 4 is 22.8 Å². The van der Waals surface area contributed by atoms with E-state index in [2.05, 4.69) is 39.2 Å². The summed E-state index contributed by atoms with van der Waals surface area (Å²) in [5.41, 5.74) is 7.82. The number of nitrogens with one attached hydrogen (secondary N) is 1. The first-order valence-electron chi connectivity index (χ1n) is 7.48. The van der Waals surface area contributed by atoms with Crippen molar-refractivity contribution in [1.82, 2.24) is 24.7 Å². The minimum absolute atomic E-state index is 0.487. The molecule has 3 aromatic heterocycles. The van der Waals surface area contributed by atoms with E-state index >= 15 is 0 Å². The van der Waals surface area contributed by atoms with E-state index in [4.69, 9.17) is 5.73 Å². The minimum atomic E-state index is 0.487. The van der Waals surface area contributed by atoms with Crippen LogP contribution in [0.2, 0.25) is 0 Å². The Bertz CT molecular complexity index is 779. The quantitative estimate of drug-likeness (QED) is 0.720. The van der Waals surface area contributed by atoms with Gasteiger partial charge in [-0.15, -0.1) is 11.3 Å². The summed E-state index contributed by atoms with van der Waals surface area (Å²) in [5.74, 6) is 1.19. The minimum Gasteiger partial charge on any atom is -0.393 e. The molecule has 7 nitrogen and oxygen atoms in total. The highest BCUT2D eigenvalue weighted by Crippen LogP contribution is 2.22. The molecule has 0 aromatic carbocycles. The number of nitrogen functional groups attached to an aromatic ring is 1. The van der Waals surface area contributed by atoms with E-state index in [0.29, 0.717) is 17.3 Å². The summed E-state index contributed by atoms with van der Waals surface area (Å²) in [5, 5.41) is 8.54.